The molecule has 0 radical (unpaired) electrons. The predicted molar refractivity (Wildman–Crippen MR) is 57.4 cm³/mol. The van der Waals surface area contributed by atoms with E-state index >= 15 is 0 Å². The highest BCUT2D eigenvalue weighted by atomic mass is 32.1. The van der Waals surface area contributed by atoms with Gasteiger partial charge in [-0.25, -0.2) is 4.79 Å². The Labute approximate surface area is 95.9 Å². The smallest absolute Gasteiger partial charge is 0.326 e. The Morgan fingerprint density at radius 2 is 2.25 bits per heavy atom. The molecule has 1 aromatic rings. The SMILES string of the molecule is O=C(O)[C@H]1C[C@@H](O)CN1C(=O)c1cccs1. The molecule has 2 heterocycles. The van der Waals surface area contributed by atoms with Crippen molar-refractivity contribution in [1.29, 1.82) is 0 Å². The summed E-state index contributed by atoms with van der Waals surface area (Å²) in [4.78, 5) is 24.6. The summed E-state index contributed by atoms with van der Waals surface area (Å²) in [5.41, 5.74) is 0. The van der Waals surface area contributed by atoms with E-state index in [1.54, 1.807) is 17.5 Å². The summed E-state index contributed by atoms with van der Waals surface area (Å²) < 4.78 is 0. The van der Waals surface area contributed by atoms with Crippen LogP contribution >= 0.6 is 11.3 Å². The zero-order valence-corrected chi connectivity index (χ0v) is 9.18. The van der Waals surface area contributed by atoms with E-state index in [-0.39, 0.29) is 18.9 Å². The molecule has 2 N–H and O–H groups in total. The van der Waals surface area contributed by atoms with Gasteiger partial charge in [0.25, 0.3) is 5.91 Å². The van der Waals surface area contributed by atoms with Gasteiger partial charge < -0.3 is 15.1 Å². The van der Waals surface area contributed by atoms with E-state index in [0.29, 0.717) is 4.88 Å². The van der Waals surface area contributed by atoms with Crippen molar-refractivity contribution in [2.45, 2.75) is 18.6 Å². The first-order valence-corrected chi connectivity index (χ1v) is 5.73. The highest BCUT2D eigenvalue weighted by Crippen LogP contribution is 2.22. The van der Waals surface area contributed by atoms with Crippen molar-refractivity contribution in [3.63, 3.8) is 0 Å². The number of carboxylic acids is 1. The zero-order valence-electron chi connectivity index (χ0n) is 8.37. The molecule has 1 aliphatic heterocycles. The summed E-state index contributed by atoms with van der Waals surface area (Å²) in [5.74, 6) is -1.39. The molecule has 1 aliphatic rings. The van der Waals surface area contributed by atoms with Gasteiger partial charge in [-0.1, -0.05) is 6.07 Å². The molecule has 2 atom stereocenters. The quantitative estimate of drug-likeness (QED) is 0.786. The lowest BCUT2D eigenvalue weighted by Crippen LogP contribution is -2.40. The third-order valence-corrected chi connectivity index (χ3v) is 3.41. The van der Waals surface area contributed by atoms with E-state index in [4.69, 9.17) is 5.11 Å². The standard InChI is InChI=1S/C10H11NO4S/c12-6-4-7(10(14)15)11(5-6)9(13)8-2-1-3-16-8/h1-3,6-7,12H,4-5H2,(H,14,15)/t6-,7-/m1/s1. The largest absolute Gasteiger partial charge is 0.480 e. The van der Waals surface area contributed by atoms with E-state index in [1.165, 1.54) is 16.2 Å². The Morgan fingerprint density at radius 1 is 1.50 bits per heavy atom. The van der Waals surface area contributed by atoms with Gasteiger partial charge in [0.2, 0.25) is 0 Å². The number of carboxylic acid groups (broad SMARTS) is 1. The Bertz CT molecular complexity index is 403. The number of β-amino-alcohol motifs (C(OH)–C–C–N with tert-alkyl or cyclic N) is 1. The van der Waals surface area contributed by atoms with Gasteiger partial charge in [0.05, 0.1) is 11.0 Å². The topological polar surface area (TPSA) is 77.8 Å². The van der Waals surface area contributed by atoms with Gasteiger partial charge in [0.1, 0.15) is 6.04 Å². The molecule has 1 saturated heterocycles. The molecule has 2 rings (SSSR count). The maximum atomic E-state index is 11.9. The minimum atomic E-state index is -1.07. The number of amides is 1. The second kappa shape index (κ2) is 4.23. The molecule has 0 spiro atoms. The first-order valence-electron chi connectivity index (χ1n) is 4.85. The van der Waals surface area contributed by atoms with Crippen molar-refractivity contribution < 1.29 is 19.8 Å². The third kappa shape index (κ3) is 1.94. The van der Waals surface area contributed by atoms with Crippen LogP contribution < -0.4 is 0 Å². The maximum Gasteiger partial charge on any atom is 0.326 e. The highest BCUT2D eigenvalue weighted by molar-refractivity contribution is 7.12. The van der Waals surface area contributed by atoms with E-state index in [0.717, 1.165) is 0 Å². The monoisotopic (exact) mass is 241 g/mol. The van der Waals surface area contributed by atoms with E-state index < -0.39 is 18.1 Å². The maximum absolute atomic E-state index is 11.9. The van der Waals surface area contributed by atoms with Gasteiger partial charge >= 0.3 is 5.97 Å². The number of nitrogens with zero attached hydrogens (tertiary/aromatic N) is 1. The molecule has 0 aliphatic carbocycles. The van der Waals surface area contributed by atoms with Crippen LogP contribution in [0.3, 0.4) is 0 Å². The van der Waals surface area contributed by atoms with Gasteiger partial charge in [0.15, 0.2) is 0 Å². The van der Waals surface area contributed by atoms with Crippen LogP contribution in [0.15, 0.2) is 17.5 Å². The first kappa shape index (κ1) is 11.1. The van der Waals surface area contributed by atoms with E-state index in [1.807, 2.05) is 0 Å². The fourth-order valence-electron chi connectivity index (χ4n) is 1.81. The molecule has 0 saturated carbocycles. The van der Waals surface area contributed by atoms with Crippen LogP contribution in [0.5, 0.6) is 0 Å². The lowest BCUT2D eigenvalue weighted by atomic mass is 10.2. The zero-order chi connectivity index (χ0) is 11.7. The summed E-state index contributed by atoms with van der Waals surface area (Å²) in [6, 6.07) is 2.47. The number of aliphatic carboxylic acids is 1. The number of carbonyl (C=O) groups excluding carboxylic acids is 1. The van der Waals surface area contributed by atoms with Crippen LogP contribution in [0.1, 0.15) is 16.1 Å². The molecular weight excluding hydrogens is 230 g/mol. The minimum absolute atomic E-state index is 0.0910. The number of hydrogen-bond acceptors (Lipinski definition) is 4. The summed E-state index contributed by atoms with van der Waals surface area (Å²) in [6.45, 7) is 0.0910. The number of rotatable bonds is 2. The Kier molecular flexibility index (Phi) is 2.93. The average Bonchev–Trinajstić information content (AvgIpc) is 2.84. The molecule has 5 nitrogen and oxygen atoms in total. The molecule has 86 valence electrons. The fraction of sp³-hybridized carbons (Fsp3) is 0.400. The van der Waals surface area contributed by atoms with Crippen LogP contribution in [0.4, 0.5) is 0 Å². The normalized spacial score (nSPS) is 24.7. The molecule has 6 heteroatoms. The van der Waals surface area contributed by atoms with Gasteiger partial charge in [0, 0.05) is 13.0 Å². The molecule has 1 fully saturated rings. The Balaban J connectivity index is 2.20. The van der Waals surface area contributed by atoms with Crippen LogP contribution in [-0.2, 0) is 4.79 Å². The summed E-state index contributed by atoms with van der Waals surface area (Å²) >= 11 is 1.27. The molecule has 0 unspecified atom stereocenters. The lowest BCUT2D eigenvalue weighted by molar-refractivity contribution is -0.141. The number of likely N-dealkylation sites (tertiary alicyclic amines) is 1. The number of aliphatic hydroxyl groups is 1. The van der Waals surface area contributed by atoms with Crippen LogP contribution in [0.25, 0.3) is 0 Å². The van der Waals surface area contributed by atoms with Crippen molar-refractivity contribution in [2.24, 2.45) is 0 Å². The fourth-order valence-corrected chi connectivity index (χ4v) is 2.49. The minimum Gasteiger partial charge on any atom is -0.480 e. The van der Waals surface area contributed by atoms with Crippen molar-refractivity contribution in [3.05, 3.63) is 22.4 Å². The van der Waals surface area contributed by atoms with Crippen molar-refractivity contribution in [3.8, 4) is 0 Å². The first-order chi connectivity index (χ1) is 7.59. The number of hydrogen-bond donors (Lipinski definition) is 2. The molecule has 1 aromatic heterocycles. The van der Waals surface area contributed by atoms with E-state index in [2.05, 4.69) is 0 Å². The second-order valence-corrected chi connectivity index (χ2v) is 4.63. The van der Waals surface area contributed by atoms with Crippen LogP contribution in [-0.4, -0.2) is 45.7 Å². The molecule has 0 bridgehead atoms. The van der Waals surface area contributed by atoms with Crippen LogP contribution in [0.2, 0.25) is 0 Å². The van der Waals surface area contributed by atoms with Gasteiger partial charge in [-0.2, -0.15) is 0 Å². The summed E-state index contributed by atoms with van der Waals surface area (Å²) in [5, 5.41) is 20.1. The molecular formula is C10H11NO4S. The highest BCUT2D eigenvalue weighted by Gasteiger charge is 2.39. The van der Waals surface area contributed by atoms with Gasteiger partial charge in [-0.3, -0.25) is 4.79 Å². The van der Waals surface area contributed by atoms with Crippen molar-refractivity contribution in [1.82, 2.24) is 4.90 Å². The molecule has 1 amide bonds. The predicted octanol–water partition coefficient (Wildman–Crippen LogP) is 0.408. The van der Waals surface area contributed by atoms with Crippen molar-refractivity contribution in [2.75, 3.05) is 6.54 Å². The van der Waals surface area contributed by atoms with Gasteiger partial charge in [-0.05, 0) is 11.4 Å². The number of aliphatic hydroxyl groups excluding tert-OH is 1. The summed E-state index contributed by atoms with van der Waals surface area (Å²) in [6.07, 6.45) is -0.642. The third-order valence-electron chi connectivity index (χ3n) is 2.56. The Morgan fingerprint density at radius 3 is 2.81 bits per heavy atom. The summed E-state index contributed by atoms with van der Waals surface area (Å²) in [7, 11) is 0. The number of carbonyl (C=O) groups is 2. The van der Waals surface area contributed by atoms with Gasteiger partial charge in [-0.15, -0.1) is 11.3 Å². The lowest BCUT2D eigenvalue weighted by Gasteiger charge is -2.20. The number of thiophene rings is 1. The van der Waals surface area contributed by atoms with Crippen LogP contribution in [0, 0.1) is 0 Å². The molecule has 0 aromatic carbocycles. The Hall–Kier alpha value is -1.40. The second-order valence-electron chi connectivity index (χ2n) is 3.68. The average molecular weight is 241 g/mol. The molecule has 16 heavy (non-hydrogen) atoms. The van der Waals surface area contributed by atoms with Crippen molar-refractivity contribution >= 4 is 23.2 Å². The van der Waals surface area contributed by atoms with E-state index in [9.17, 15) is 14.7 Å².